The molecule has 0 radical (unpaired) electrons. The Morgan fingerprint density at radius 1 is 1.20 bits per heavy atom. The first-order valence-electron chi connectivity index (χ1n) is 9.21. The summed E-state index contributed by atoms with van der Waals surface area (Å²) in [4.78, 5) is 28.8. The highest BCUT2D eigenvalue weighted by atomic mass is 16.2. The van der Waals surface area contributed by atoms with Crippen LogP contribution in [-0.4, -0.2) is 44.7 Å². The summed E-state index contributed by atoms with van der Waals surface area (Å²) in [7, 11) is 0. The molecule has 0 unspecified atom stereocenters. The number of hydrogen-bond donors (Lipinski definition) is 2. The van der Waals surface area contributed by atoms with Crippen molar-refractivity contribution < 1.29 is 9.59 Å². The minimum Gasteiger partial charge on any atom is -0.337 e. The molecule has 25 heavy (non-hydrogen) atoms. The largest absolute Gasteiger partial charge is 0.337 e. The molecule has 6 nitrogen and oxygen atoms in total. The lowest BCUT2D eigenvalue weighted by Crippen LogP contribution is -2.50. The Bertz CT molecular complexity index is 626. The van der Waals surface area contributed by atoms with Crippen LogP contribution in [0.25, 0.3) is 0 Å². The number of carbonyl (C=O) groups is 2. The first-order chi connectivity index (χ1) is 12.1. The second kappa shape index (κ2) is 7.87. The Hall–Kier alpha value is -2.08. The van der Waals surface area contributed by atoms with Gasteiger partial charge >= 0.3 is 6.03 Å². The van der Waals surface area contributed by atoms with Gasteiger partial charge in [-0.05, 0) is 43.5 Å². The van der Waals surface area contributed by atoms with Crippen LogP contribution in [0.5, 0.6) is 0 Å². The van der Waals surface area contributed by atoms with E-state index in [0.29, 0.717) is 37.9 Å². The van der Waals surface area contributed by atoms with E-state index in [-0.39, 0.29) is 11.9 Å². The Kier molecular flexibility index (Phi) is 5.58. The highest BCUT2D eigenvalue weighted by Crippen LogP contribution is 2.33. The van der Waals surface area contributed by atoms with E-state index in [1.807, 2.05) is 43.0 Å². The monoisotopic (exact) mass is 344 g/mol. The molecule has 1 fully saturated rings. The van der Waals surface area contributed by atoms with Crippen LogP contribution in [0.15, 0.2) is 24.3 Å². The van der Waals surface area contributed by atoms with Gasteiger partial charge in [-0.1, -0.05) is 26.0 Å². The molecule has 2 heterocycles. The molecular weight excluding hydrogens is 316 g/mol. The van der Waals surface area contributed by atoms with Crippen LogP contribution < -0.4 is 20.4 Å². The number of amides is 3. The van der Waals surface area contributed by atoms with E-state index in [1.165, 1.54) is 0 Å². The third-order valence-electron chi connectivity index (χ3n) is 4.84. The van der Waals surface area contributed by atoms with Crippen molar-refractivity contribution >= 4 is 23.3 Å². The number of hydrogen-bond acceptors (Lipinski definition) is 3. The molecule has 0 saturated carbocycles. The lowest BCUT2D eigenvalue weighted by atomic mass is 10.1. The summed E-state index contributed by atoms with van der Waals surface area (Å²) in [5, 5.41) is 6.37. The van der Waals surface area contributed by atoms with E-state index in [0.717, 1.165) is 30.9 Å². The fourth-order valence-electron chi connectivity index (χ4n) is 3.51. The normalized spacial score (nSPS) is 19.9. The number of benzene rings is 1. The summed E-state index contributed by atoms with van der Waals surface area (Å²) in [6, 6.07) is 7.60. The van der Waals surface area contributed by atoms with Gasteiger partial charge in [-0.25, -0.2) is 4.79 Å². The predicted octanol–water partition coefficient (Wildman–Crippen LogP) is 2.20. The fraction of sp³-hybridized carbons (Fsp3) is 0.579. The summed E-state index contributed by atoms with van der Waals surface area (Å²) in [6.45, 7) is 7.85. The quantitative estimate of drug-likeness (QED) is 0.880. The highest BCUT2D eigenvalue weighted by molar-refractivity contribution is 6.03. The minimum absolute atomic E-state index is 0.0738. The molecule has 2 aliphatic rings. The van der Waals surface area contributed by atoms with Gasteiger partial charge in [0.2, 0.25) is 5.91 Å². The van der Waals surface area contributed by atoms with Gasteiger partial charge in [-0.15, -0.1) is 0 Å². The van der Waals surface area contributed by atoms with Crippen molar-refractivity contribution in [3.05, 3.63) is 24.3 Å². The van der Waals surface area contributed by atoms with Crippen molar-refractivity contribution in [1.29, 1.82) is 0 Å². The fourth-order valence-corrected chi connectivity index (χ4v) is 3.51. The molecule has 1 atom stereocenters. The SMILES string of the molecule is CC(C)CC(=O)N1CCN(C(=O)NC[C@H]2CCNC2)c2ccccc21. The maximum absolute atomic E-state index is 12.7. The number of carbonyl (C=O) groups excluding carboxylic acids is 2. The zero-order chi connectivity index (χ0) is 17.8. The Morgan fingerprint density at radius 2 is 1.88 bits per heavy atom. The topological polar surface area (TPSA) is 64.7 Å². The summed E-state index contributed by atoms with van der Waals surface area (Å²) in [6.07, 6.45) is 1.63. The van der Waals surface area contributed by atoms with E-state index in [2.05, 4.69) is 10.6 Å². The van der Waals surface area contributed by atoms with Crippen LogP contribution in [0.2, 0.25) is 0 Å². The maximum Gasteiger partial charge on any atom is 0.322 e. The smallest absolute Gasteiger partial charge is 0.322 e. The van der Waals surface area contributed by atoms with Gasteiger partial charge in [0.05, 0.1) is 11.4 Å². The predicted molar refractivity (Wildman–Crippen MR) is 100.0 cm³/mol. The van der Waals surface area contributed by atoms with Crippen LogP contribution in [0.1, 0.15) is 26.7 Å². The number of rotatable bonds is 4. The van der Waals surface area contributed by atoms with E-state index in [9.17, 15) is 9.59 Å². The summed E-state index contributed by atoms with van der Waals surface area (Å²) in [5.74, 6) is 0.952. The van der Waals surface area contributed by atoms with E-state index in [1.54, 1.807) is 4.90 Å². The first kappa shape index (κ1) is 17.7. The Morgan fingerprint density at radius 3 is 2.52 bits per heavy atom. The maximum atomic E-state index is 12.7. The Balaban J connectivity index is 1.71. The molecule has 2 aliphatic heterocycles. The van der Waals surface area contributed by atoms with Crippen LogP contribution >= 0.6 is 0 Å². The van der Waals surface area contributed by atoms with Gasteiger partial charge in [0.1, 0.15) is 0 Å². The van der Waals surface area contributed by atoms with Gasteiger partial charge in [-0.3, -0.25) is 9.69 Å². The van der Waals surface area contributed by atoms with E-state index >= 15 is 0 Å². The molecule has 136 valence electrons. The van der Waals surface area contributed by atoms with Crippen LogP contribution in [0.4, 0.5) is 16.2 Å². The summed E-state index contributed by atoms with van der Waals surface area (Å²) in [5.41, 5.74) is 1.64. The lowest BCUT2D eigenvalue weighted by Gasteiger charge is -2.37. The van der Waals surface area contributed by atoms with E-state index in [4.69, 9.17) is 0 Å². The molecule has 0 aromatic heterocycles. The summed E-state index contributed by atoms with van der Waals surface area (Å²) >= 11 is 0. The average molecular weight is 344 g/mol. The lowest BCUT2D eigenvalue weighted by molar-refractivity contribution is -0.119. The standard InChI is InChI=1S/C19H28N4O2/c1-14(2)11-18(24)22-9-10-23(17-6-4-3-5-16(17)22)19(25)21-13-15-7-8-20-12-15/h3-6,14-15,20H,7-13H2,1-2H3,(H,21,25)/t15-/m0/s1. The molecule has 3 amide bonds. The molecule has 0 aliphatic carbocycles. The molecule has 6 heteroatoms. The van der Waals surface area contributed by atoms with Gasteiger partial charge < -0.3 is 15.5 Å². The molecule has 0 bridgehead atoms. The number of anilines is 2. The second-order valence-electron chi connectivity index (χ2n) is 7.33. The third kappa shape index (κ3) is 4.12. The van der Waals surface area contributed by atoms with E-state index < -0.39 is 0 Å². The van der Waals surface area contributed by atoms with Crippen LogP contribution in [-0.2, 0) is 4.79 Å². The van der Waals surface area contributed by atoms with Crippen LogP contribution in [0.3, 0.4) is 0 Å². The number of para-hydroxylation sites is 2. The van der Waals surface area contributed by atoms with Crippen molar-refractivity contribution in [2.45, 2.75) is 26.7 Å². The molecule has 2 N–H and O–H groups in total. The first-order valence-corrected chi connectivity index (χ1v) is 9.21. The molecule has 3 rings (SSSR count). The van der Waals surface area contributed by atoms with Gasteiger partial charge in [-0.2, -0.15) is 0 Å². The van der Waals surface area contributed by atoms with Crippen molar-refractivity contribution in [2.24, 2.45) is 11.8 Å². The van der Waals surface area contributed by atoms with Gasteiger partial charge in [0, 0.05) is 26.1 Å². The van der Waals surface area contributed by atoms with Crippen molar-refractivity contribution in [2.75, 3.05) is 42.5 Å². The third-order valence-corrected chi connectivity index (χ3v) is 4.84. The van der Waals surface area contributed by atoms with Gasteiger partial charge in [0.15, 0.2) is 0 Å². The zero-order valence-corrected chi connectivity index (χ0v) is 15.1. The molecule has 1 aromatic rings. The number of nitrogens with one attached hydrogen (secondary N) is 2. The Labute approximate surface area is 149 Å². The minimum atomic E-state index is -0.0738. The molecular formula is C19H28N4O2. The number of urea groups is 1. The average Bonchev–Trinajstić information content (AvgIpc) is 3.11. The highest BCUT2D eigenvalue weighted by Gasteiger charge is 2.30. The molecule has 0 spiro atoms. The van der Waals surface area contributed by atoms with Crippen LogP contribution in [0, 0.1) is 11.8 Å². The zero-order valence-electron chi connectivity index (χ0n) is 15.1. The van der Waals surface area contributed by atoms with Crippen molar-refractivity contribution in [3.63, 3.8) is 0 Å². The number of nitrogens with zero attached hydrogens (tertiary/aromatic N) is 2. The molecule has 1 saturated heterocycles. The van der Waals surface area contributed by atoms with Crippen molar-refractivity contribution in [3.8, 4) is 0 Å². The summed E-state index contributed by atoms with van der Waals surface area (Å²) < 4.78 is 0. The van der Waals surface area contributed by atoms with Gasteiger partial charge in [0.25, 0.3) is 0 Å². The molecule has 1 aromatic carbocycles. The van der Waals surface area contributed by atoms with Crippen molar-refractivity contribution in [1.82, 2.24) is 10.6 Å². The number of fused-ring (bicyclic) bond motifs is 1. The second-order valence-corrected chi connectivity index (χ2v) is 7.33.